The molecule has 0 aliphatic carbocycles. The zero-order chi connectivity index (χ0) is 18.7. The number of piperidine rings is 1. The van der Waals surface area contributed by atoms with Crippen molar-refractivity contribution in [3.8, 4) is 0 Å². The first kappa shape index (κ1) is 19.7. The molecule has 0 bridgehead atoms. The summed E-state index contributed by atoms with van der Waals surface area (Å²) in [6.45, 7) is 9.75. The standard InChI is InChI=1S/C18H30N4O2S/c1-14-6-5-11-22(13-14)25(23,24)16-9-7-15(8-10-16)12-20-17(19)21-18(2,3)4/h7-10,14H,5-6,11-13H2,1-4H3,(H3,19,20,21). The lowest BCUT2D eigenvalue weighted by atomic mass is 10.0. The molecule has 1 heterocycles. The van der Waals surface area contributed by atoms with E-state index in [0.29, 0.717) is 36.4 Å². The van der Waals surface area contributed by atoms with E-state index in [9.17, 15) is 8.42 Å². The van der Waals surface area contributed by atoms with Crippen LogP contribution in [0.1, 0.15) is 46.1 Å². The van der Waals surface area contributed by atoms with E-state index in [-0.39, 0.29) is 5.54 Å². The summed E-state index contributed by atoms with van der Waals surface area (Å²) in [6, 6.07) is 6.92. The van der Waals surface area contributed by atoms with Gasteiger partial charge in [0.25, 0.3) is 0 Å². The predicted octanol–water partition coefficient (Wildman–Crippen LogP) is 2.31. The summed E-state index contributed by atoms with van der Waals surface area (Å²) in [5.41, 5.74) is 6.63. The fraction of sp³-hybridized carbons (Fsp3) is 0.611. The quantitative estimate of drug-likeness (QED) is 0.632. The number of benzene rings is 1. The lowest BCUT2D eigenvalue weighted by molar-refractivity contribution is 0.281. The Balaban J connectivity index is 2.05. The van der Waals surface area contributed by atoms with Crippen LogP contribution in [0.25, 0.3) is 0 Å². The molecule has 0 spiro atoms. The molecule has 0 amide bonds. The van der Waals surface area contributed by atoms with Gasteiger partial charge in [-0.15, -0.1) is 0 Å². The second kappa shape index (κ2) is 7.74. The van der Waals surface area contributed by atoms with Gasteiger partial charge in [0, 0.05) is 18.6 Å². The zero-order valence-corrected chi connectivity index (χ0v) is 16.4. The van der Waals surface area contributed by atoms with Crippen LogP contribution in [0.15, 0.2) is 34.2 Å². The first-order chi connectivity index (χ1) is 11.6. The molecule has 0 saturated carbocycles. The van der Waals surface area contributed by atoms with Gasteiger partial charge in [0.1, 0.15) is 0 Å². The van der Waals surface area contributed by atoms with Gasteiger partial charge in [-0.2, -0.15) is 4.31 Å². The molecule has 1 fully saturated rings. The molecule has 1 unspecified atom stereocenters. The highest BCUT2D eigenvalue weighted by Crippen LogP contribution is 2.23. The number of sulfonamides is 1. The van der Waals surface area contributed by atoms with Crippen LogP contribution in [0.4, 0.5) is 0 Å². The van der Waals surface area contributed by atoms with E-state index in [0.717, 1.165) is 18.4 Å². The van der Waals surface area contributed by atoms with Crippen LogP contribution in [0.5, 0.6) is 0 Å². The number of aliphatic imine (C=N–C) groups is 1. The minimum atomic E-state index is -3.41. The van der Waals surface area contributed by atoms with Crippen molar-refractivity contribution in [2.45, 2.75) is 57.5 Å². The first-order valence-electron chi connectivity index (χ1n) is 8.75. The van der Waals surface area contributed by atoms with E-state index in [1.807, 2.05) is 20.8 Å². The summed E-state index contributed by atoms with van der Waals surface area (Å²) in [7, 11) is -3.41. The minimum absolute atomic E-state index is 0.142. The minimum Gasteiger partial charge on any atom is -0.370 e. The Labute approximate surface area is 151 Å². The number of hydrogen-bond donors (Lipinski definition) is 2. The smallest absolute Gasteiger partial charge is 0.243 e. The van der Waals surface area contributed by atoms with Gasteiger partial charge in [-0.3, -0.25) is 0 Å². The monoisotopic (exact) mass is 366 g/mol. The Morgan fingerprint density at radius 2 is 1.96 bits per heavy atom. The molecule has 0 aromatic heterocycles. The highest BCUT2D eigenvalue weighted by Gasteiger charge is 2.28. The van der Waals surface area contributed by atoms with Crippen molar-refractivity contribution in [2.75, 3.05) is 13.1 Å². The van der Waals surface area contributed by atoms with Crippen LogP contribution in [-0.4, -0.2) is 37.3 Å². The topological polar surface area (TPSA) is 87.8 Å². The normalized spacial score (nSPS) is 20.5. The van der Waals surface area contributed by atoms with Gasteiger partial charge in [-0.05, 0) is 57.2 Å². The Hall–Kier alpha value is -1.60. The molecular formula is C18H30N4O2S. The Bertz CT molecular complexity index is 706. The highest BCUT2D eigenvalue weighted by molar-refractivity contribution is 7.89. The molecule has 140 valence electrons. The van der Waals surface area contributed by atoms with Crippen molar-refractivity contribution < 1.29 is 8.42 Å². The Morgan fingerprint density at radius 3 is 2.52 bits per heavy atom. The number of hydrogen-bond acceptors (Lipinski definition) is 3. The summed E-state index contributed by atoms with van der Waals surface area (Å²) < 4.78 is 27.1. The molecule has 1 atom stereocenters. The molecule has 6 nitrogen and oxygen atoms in total. The van der Waals surface area contributed by atoms with Crippen molar-refractivity contribution in [3.63, 3.8) is 0 Å². The third-order valence-corrected chi connectivity index (χ3v) is 6.00. The molecule has 1 saturated heterocycles. The molecule has 7 heteroatoms. The predicted molar refractivity (Wildman–Crippen MR) is 102 cm³/mol. The van der Waals surface area contributed by atoms with Crippen LogP contribution >= 0.6 is 0 Å². The lowest BCUT2D eigenvalue weighted by Gasteiger charge is -2.30. The fourth-order valence-electron chi connectivity index (χ4n) is 2.88. The molecule has 2 rings (SSSR count). The van der Waals surface area contributed by atoms with Gasteiger partial charge in [0.05, 0.1) is 11.4 Å². The lowest BCUT2D eigenvalue weighted by Crippen LogP contribution is -2.44. The maximum Gasteiger partial charge on any atom is 0.243 e. The van der Waals surface area contributed by atoms with Crippen LogP contribution in [0.2, 0.25) is 0 Å². The summed E-state index contributed by atoms with van der Waals surface area (Å²) in [5, 5.41) is 3.10. The van der Waals surface area contributed by atoms with E-state index in [2.05, 4.69) is 17.2 Å². The van der Waals surface area contributed by atoms with Gasteiger partial charge in [-0.25, -0.2) is 13.4 Å². The second-order valence-electron chi connectivity index (χ2n) is 7.83. The van der Waals surface area contributed by atoms with Crippen molar-refractivity contribution in [2.24, 2.45) is 16.6 Å². The second-order valence-corrected chi connectivity index (χ2v) is 9.77. The summed E-state index contributed by atoms with van der Waals surface area (Å²) in [4.78, 5) is 4.64. The van der Waals surface area contributed by atoms with Crippen molar-refractivity contribution >= 4 is 16.0 Å². The van der Waals surface area contributed by atoms with E-state index in [4.69, 9.17) is 5.73 Å². The van der Waals surface area contributed by atoms with Gasteiger partial charge in [0.2, 0.25) is 10.0 Å². The van der Waals surface area contributed by atoms with Gasteiger partial charge >= 0.3 is 0 Å². The third-order valence-electron chi connectivity index (χ3n) is 4.12. The summed E-state index contributed by atoms with van der Waals surface area (Å²) >= 11 is 0. The number of nitrogens with one attached hydrogen (secondary N) is 1. The maximum absolute atomic E-state index is 12.7. The van der Waals surface area contributed by atoms with E-state index in [1.54, 1.807) is 28.6 Å². The van der Waals surface area contributed by atoms with Crippen LogP contribution < -0.4 is 11.1 Å². The maximum atomic E-state index is 12.7. The molecular weight excluding hydrogens is 336 g/mol. The summed E-state index contributed by atoms with van der Waals surface area (Å²) in [6.07, 6.45) is 2.01. The molecule has 25 heavy (non-hydrogen) atoms. The van der Waals surface area contributed by atoms with E-state index in [1.165, 1.54) is 0 Å². The van der Waals surface area contributed by atoms with Crippen LogP contribution in [0.3, 0.4) is 0 Å². The first-order valence-corrected chi connectivity index (χ1v) is 10.2. The van der Waals surface area contributed by atoms with Crippen LogP contribution in [0, 0.1) is 5.92 Å². The molecule has 1 aliphatic heterocycles. The Morgan fingerprint density at radius 1 is 1.32 bits per heavy atom. The van der Waals surface area contributed by atoms with Crippen molar-refractivity contribution in [1.29, 1.82) is 0 Å². The Kier molecular flexibility index (Phi) is 6.11. The fourth-order valence-corrected chi connectivity index (χ4v) is 4.48. The van der Waals surface area contributed by atoms with Crippen molar-refractivity contribution in [1.82, 2.24) is 9.62 Å². The zero-order valence-electron chi connectivity index (χ0n) is 15.6. The van der Waals surface area contributed by atoms with Crippen LogP contribution in [-0.2, 0) is 16.6 Å². The number of nitrogens with zero attached hydrogens (tertiary/aromatic N) is 2. The van der Waals surface area contributed by atoms with Crippen molar-refractivity contribution in [3.05, 3.63) is 29.8 Å². The van der Waals surface area contributed by atoms with Gasteiger partial charge in [-0.1, -0.05) is 19.1 Å². The summed E-state index contributed by atoms with van der Waals surface area (Å²) in [5.74, 6) is 0.793. The molecule has 1 aromatic rings. The average molecular weight is 367 g/mol. The average Bonchev–Trinajstić information content (AvgIpc) is 2.52. The largest absolute Gasteiger partial charge is 0.370 e. The van der Waals surface area contributed by atoms with Gasteiger partial charge in [0.15, 0.2) is 5.96 Å². The highest BCUT2D eigenvalue weighted by atomic mass is 32.2. The molecule has 3 N–H and O–H groups in total. The van der Waals surface area contributed by atoms with E-state index >= 15 is 0 Å². The SMILES string of the molecule is CC1CCCN(S(=O)(=O)c2ccc(CN=C(N)NC(C)(C)C)cc2)C1. The number of guanidine groups is 1. The number of rotatable bonds is 4. The van der Waals surface area contributed by atoms with E-state index < -0.39 is 10.0 Å². The van der Waals surface area contributed by atoms with Gasteiger partial charge < -0.3 is 11.1 Å². The molecule has 0 radical (unpaired) electrons. The molecule has 1 aromatic carbocycles. The third kappa shape index (κ3) is 5.71. The molecule has 1 aliphatic rings. The number of nitrogens with two attached hydrogens (primary N) is 1.